The molecule has 0 aromatic heterocycles. The minimum atomic E-state index is -4.64. The summed E-state index contributed by atoms with van der Waals surface area (Å²) in [7, 11) is -4.64. The van der Waals surface area contributed by atoms with Crippen molar-refractivity contribution in [2.45, 2.75) is 193 Å². The van der Waals surface area contributed by atoms with Crippen LogP contribution in [0.15, 0.2) is 36.5 Å². The molecular weight excluding hydrogens is 727 g/mol. The van der Waals surface area contributed by atoms with E-state index >= 15 is 0 Å². The van der Waals surface area contributed by atoms with Crippen LogP contribution in [-0.4, -0.2) is 77.0 Å². The molecule has 322 valence electrons. The van der Waals surface area contributed by atoms with Crippen LogP contribution < -0.4 is 0 Å². The molecule has 0 aliphatic rings. The predicted molar refractivity (Wildman–Crippen MR) is 217 cm³/mol. The second-order valence-electron chi connectivity index (χ2n) is 14.3. The van der Waals surface area contributed by atoms with Gasteiger partial charge in [0.25, 0.3) is 0 Å². The van der Waals surface area contributed by atoms with Gasteiger partial charge in [0.2, 0.25) is 0 Å². The van der Waals surface area contributed by atoms with E-state index in [4.69, 9.17) is 24.4 Å². The van der Waals surface area contributed by atoms with Crippen LogP contribution in [-0.2, 0) is 37.6 Å². The van der Waals surface area contributed by atoms with E-state index in [1.54, 1.807) is 0 Å². The predicted octanol–water partition coefficient (Wildman–Crippen LogP) is 10.2. The molecule has 0 rings (SSSR count). The number of hydrogen-bond acceptors (Lipinski definition) is 11. The molecule has 55 heavy (non-hydrogen) atoms. The van der Waals surface area contributed by atoms with E-state index in [0.29, 0.717) is 12.8 Å². The fourth-order valence-electron chi connectivity index (χ4n) is 5.61. The fraction of sp³-hybridized carbons (Fsp3) is 0.810. The van der Waals surface area contributed by atoms with Gasteiger partial charge in [-0.05, 0) is 57.8 Å². The molecule has 0 spiro atoms. The Hall–Kier alpha value is -1.89. The van der Waals surface area contributed by atoms with E-state index in [1.165, 1.54) is 38.5 Å². The van der Waals surface area contributed by atoms with Crippen molar-refractivity contribution in [3.63, 3.8) is 0 Å². The lowest BCUT2D eigenvalue weighted by atomic mass is 10.1. The van der Waals surface area contributed by atoms with Crippen molar-refractivity contribution in [1.29, 1.82) is 0 Å². The SMILES string of the molecule is CCCCCCCC/C=C\CCCCCCCC(=O)OCC(COP(=O)(O)OCC(O)CO)OC(=O)CCCCCCC/C=C\C=C\C(CCCCC)OO. The summed E-state index contributed by atoms with van der Waals surface area (Å²) >= 11 is 0. The Morgan fingerprint density at radius 3 is 1.73 bits per heavy atom. The Labute approximate surface area is 332 Å². The van der Waals surface area contributed by atoms with Gasteiger partial charge in [-0.3, -0.25) is 23.9 Å². The lowest BCUT2D eigenvalue weighted by Crippen LogP contribution is -2.29. The highest BCUT2D eigenvalue weighted by Gasteiger charge is 2.27. The van der Waals surface area contributed by atoms with Crippen LogP contribution in [0.25, 0.3) is 0 Å². The Kier molecular flexibility index (Phi) is 37.6. The number of unbranched alkanes of at least 4 members (excludes halogenated alkanes) is 18. The van der Waals surface area contributed by atoms with Gasteiger partial charge in [-0.2, -0.15) is 0 Å². The van der Waals surface area contributed by atoms with Gasteiger partial charge in [0.15, 0.2) is 6.10 Å². The first-order valence-electron chi connectivity index (χ1n) is 21.2. The molecule has 0 amide bonds. The molecule has 0 heterocycles. The first-order chi connectivity index (χ1) is 26.7. The summed E-state index contributed by atoms with van der Waals surface area (Å²) in [5.74, 6) is -0.995. The molecule has 12 nitrogen and oxygen atoms in total. The van der Waals surface area contributed by atoms with Crippen molar-refractivity contribution in [2.24, 2.45) is 0 Å². The van der Waals surface area contributed by atoms with Crippen LogP contribution >= 0.6 is 7.82 Å². The number of aliphatic hydroxyl groups excluding tert-OH is 2. The number of allylic oxidation sites excluding steroid dienone is 5. The number of hydrogen-bond donors (Lipinski definition) is 4. The van der Waals surface area contributed by atoms with Gasteiger partial charge in [0.05, 0.1) is 19.8 Å². The van der Waals surface area contributed by atoms with Crippen LogP contribution in [0, 0.1) is 0 Å². The number of aliphatic hydroxyl groups is 2. The quantitative estimate of drug-likeness (QED) is 0.00877. The van der Waals surface area contributed by atoms with Crippen molar-refractivity contribution in [2.75, 3.05) is 26.4 Å². The summed E-state index contributed by atoms with van der Waals surface area (Å²) in [6.45, 7) is 2.17. The van der Waals surface area contributed by atoms with Gasteiger partial charge in [-0.15, -0.1) is 0 Å². The van der Waals surface area contributed by atoms with Gasteiger partial charge < -0.3 is 24.6 Å². The Balaban J connectivity index is 4.43. The second-order valence-corrected chi connectivity index (χ2v) is 15.7. The molecule has 0 aromatic rings. The minimum absolute atomic E-state index is 0.131. The highest BCUT2D eigenvalue weighted by molar-refractivity contribution is 7.47. The average molecular weight is 805 g/mol. The highest BCUT2D eigenvalue weighted by atomic mass is 31.2. The molecule has 0 fully saturated rings. The average Bonchev–Trinajstić information content (AvgIpc) is 3.17. The molecule has 0 saturated heterocycles. The topological polar surface area (TPSA) is 178 Å². The van der Waals surface area contributed by atoms with E-state index in [1.807, 2.05) is 18.2 Å². The molecule has 4 N–H and O–H groups in total. The maximum absolute atomic E-state index is 12.6. The summed E-state index contributed by atoms with van der Waals surface area (Å²) in [5, 5.41) is 27.3. The maximum atomic E-state index is 12.6. The van der Waals surface area contributed by atoms with E-state index in [-0.39, 0.29) is 25.6 Å². The zero-order valence-corrected chi connectivity index (χ0v) is 35.1. The third-order valence-electron chi connectivity index (χ3n) is 8.99. The Bertz CT molecular complexity index is 1030. The number of phosphoric acid groups is 1. The third kappa shape index (κ3) is 37.4. The molecule has 0 radical (unpaired) electrons. The molecule has 0 aromatic carbocycles. The van der Waals surface area contributed by atoms with Crippen LogP contribution in [0.2, 0.25) is 0 Å². The second kappa shape index (κ2) is 39.0. The molecule has 4 unspecified atom stereocenters. The lowest BCUT2D eigenvalue weighted by molar-refractivity contribution is -0.267. The minimum Gasteiger partial charge on any atom is -0.462 e. The fourth-order valence-corrected chi connectivity index (χ4v) is 6.40. The molecule has 0 aliphatic carbocycles. The summed E-state index contributed by atoms with van der Waals surface area (Å²) in [6, 6.07) is 0. The van der Waals surface area contributed by atoms with E-state index in [2.05, 4.69) is 41.5 Å². The van der Waals surface area contributed by atoms with E-state index < -0.39 is 51.8 Å². The van der Waals surface area contributed by atoms with Gasteiger partial charge in [0.1, 0.15) is 18.8 Å². The van der Waals surface area contributed by atoms with Crippen molar-refractivity contribution < 1.29 is 57.9 Å². The first kappa shape index (κ1) is 53.1. The van der Waals surface area contributed by atoms with Gasteiger partial charge in [-0.1, -0.05) is 140 Å². The monoisotopic (exact) mass is 805 g/mol. The van der Waals surface area contributed by atoms with Crippen LogP contribution in [0.5, 0.6) is 0 Å². The Morgan fingerprint density at radius 1 is 0.636 bits per heavy atom. The first-order valence-corrected chi connectivity index (χ1v) is 22.7. The largest absolute Gasteiger partial charge is 0.472 e. The van der Waals surface area contributed by atoms with Gasteiger partial charge in [-0.25, -0.2) is 9.45 Å². The summed E-state index contributed by atoms with van der Waals surface area (Å²) in [5.41, 5.74) is 0. The molecule has 13 heteroatoms. The number of phosphoric ester groups is 1. The van der Waals surface area contributed by atoms with Gasteiger partial charge >= 0.3 is 19.8 Å². The van der Waals surface area contributed by atoms with Crippen molar-refractivity contribution in [1.82, 2.24) is 0 Å². The zero-order chi connectivity index (χ0) is 40.7. The van der Waals surface area contributed by atoms with E-state index in [9.17, 15) is 24.2 Å². The lowest BCUT2D eigenvalue weighted by Gasteiger charge is -2.20. The molecule has 4 atom stereocenters. The third-order valence-corrected chi connectivity index (χ3v) is 9.94. The molecule has 0 saturated carbocycles. The highest BCUT2D eigenvalue weighted by Crippen LogP contribution is 2.43. The molecule has 0 aliphatic heterocycles. The molecule has 0 bridgehead atoms. The van der Waals surface area contributed by atoms with Crippen LogP contribution in [0.4, 0.5) is 0 Å². The summed E-state index contributed by atoms with van der Waals surface area (Å²) < 4.78 is 32.6. The number of carbonyl (C=O) groups excluding carboxylic acids is 2. The normalized spacial score (nSPS) is 14.8. The van der Waals surface area contributed by atoms with Crippen molar-refractivity contribution >= 4 is 19.8 Å². The van der Waals surface area contributed by atoms with Crippen LogP contribution in [0.1, 0.15) is 174 Å². The number of rotatable bonds is 40. The number of carbonyl (C=O) groups is 2. The van der Waals surface area contributed by atoms with Gasteiger partial charge in [0, 0.05) is 12.8 Å². The smallest absolute Gasteiger partial charge is 0.462 e. The molecular formula is C42H77O12P. The standard InChI is InChI=1S/C42H77O12P/c1-3-5-7-8-9-10-11-12-13-14-15-18-21-24-28-32-41(45)50-36-40(37-52-55(48,49)51-35-38(44)34-43)53-42(46)33-29-25-22-19-16-17-20-23-27-31-39(54-47)30-26-6-4-2/h12-13,20,23,27,31,38-40,43-44,47H,3-11,14-19,21-22,24-26,28-30,32-37H2,1-2H3,(H,48,49)/b13-12-,23-20-,31-27+. The van der Waals surface area contributed by atoms with Crippen molar-refractivity contribution in [3.05, 3.63) is 36.5 Å². The zero-order valence-electron chi connectivity index (χ0n) is 34.2. The Morgan fingerprint density at radius 2 is 1.15 bits per heavy atom. The van der Waals surface area contributed by atoms with Crippen LogP contribution in [0.3, 0.4) is 0 Å². The van der Waals surface area contributed by atoms with Crippen molar-refractivity contribution in [3.8, 4) is 0 Å². The van der Waals surface area contributed by atoms with E-state index in [0.717, 1.165) is 96.3 Å². The number of esters is 2. The maximum Gasteiger partial charge on any atom is 0.472 e. The summed E-state index contributed by atoms with van der Waals surface area (Å²) in [6.07, 6.45) is 34.2. The summed E-state index contributed by atoms with van der Waals surface area (Å²) in [4.78, 5) is 39.5. The number of ether oxygens (including phenoxy) is 2.